The predicted octanol–water partition coefficient (Wildman–Crippen LogP) is 3.58. The molecule has 0 saturated carbocycles. The molecule has 3 nitrogen and oxygen atoms in total. The highest BCUT2D eigenvalue weighted by Crippen LogP contribution is 2.16. The van der Waals surface area contributed by atoms with Gasteiger partial charge in [0, 0.05) is 6.42 Å². The van der Waals surface area contributed by atoms with E-state index in [2.05, 4.69) is 5.32 Å². The van der Waals surface area contributed by atoms with E-state index in [9.17, 15) is 9.18 Å². The van der Waals surface area contributed by atoms with Crippen LogP contribution in [0.3, 0.4) is 0 Å². The zero-order valence-corrected chi connectivity index (χ0v) is 11.7. The first-order chi connectivity index (χ1) is 10.1. The number of nitriles is 1. The summed E-state index contributed by atoms with van der Waals surface area (Å²) >= 11 is 0. The Balaban J connectivity index is 1.91. The first-order valence-corrected chi connectivity index (χ1v) is 6.63. The fraction of sp³-hybridized carbons (Fsp3) is 0.176. The molecule has 21 heavy (non-hydrogen) atoms. The van der Waals surface area contributed by atoms with Crippen molar-refractivity contribution in [1.82, 2.24) is 0 Å². The first-order valence-electron chi connectivity index (χ1n) is 6.63. The summed E-state index contributed by atoms with van der Waals surface area (Å²) < 4.78 is 13.6. The fourth-order valence-corrected chi connectivity index (χ4v) is 1.94. The van der Waals surface area contributed by atoms with Gasteiger partial charge in [0.25, 0.3) is 0 Å². The molecule has 0 aliphatic heterocycles. The molecule has 2 rings (SSSR count). The molecule has 4 heteroatoms. The number of benzene rings is 2. The molecule has 0 heterocycles. The highest BCUT2D eigenvalue weighted by molar-refractivity contribution is 5.90. The van der Waals surface area contributed by atoms with Crippen molar-refractivity contribution in [3.63, 3.8) is 0 Å². The van der Waals surface area contributed by atoms with Gasteiger partial charge in [0.05, 0.1) is 17.3 Å². The first kappa shape index (κ1) is 14.7. The lowest BCUT2D eigenvalue weighted by molar-refractivity contribution is -0.116. The van der Waals surface area contributed by atoms with Crippen molar-refractivity contribution in [2.45, 2.75) is 19.8 Å². The number of nitrogens with zero attached hydrogens (tertiary/aromatic N) is 1. The number of amides is 1. The smallest absolute Gasteiger partial charge is 0.224 e. The van der Waals surface area contributed by atoms with Crippen LogP contribution < -0.4 is 5.32 Å². The van der Waals surface area contributed by atoms with E-state index in [0.29, 0.717) is 12.0 Å². The lowest BCUT2D eigenvalue weighted by Crippen LogP contribution is -2.13. The second kappa shape index (κ2) is 6.67. The maximum absolute atomic E-state index is 13.6. The van der Waals surface area contributed by atoms with E-state index >= 15 is 0 Å². The molecule has 0 atom stereocenters. The maximum Gasteiger partial charge on any atom is 0.224 e. The van der Waals surface area contributed by atoms with Gasteiger partial charge in [0.1, 0.15) is 5.82 Å². The summed E-state index contributed by atoms with van der Waals surface area (Å²) in [6.45, 7) is 1.79. The van der Waals surface area contributed by atoms with E-state index in [1.807, 2.05) is 18.2 Å². The van der Waals surface area contributed by atoms with Crippen LogP contribution in [0.2, 0.25) is 0 Å². The minimum Gasteiger partial charge on any atom is -0.324 e. The summed E-state index contributed by atoms with van der Waals surface area (Å²) in [6.07, 6.45) is 0.810. The standard InChI is InChI=1S/C17H15FN2O/c1-12-2-8-16(15(18)10-12)20-17(21)9-7-13-3-5-14(11-19)6-4-13/h2-6,8,10H,7,9H2,1H3,(H,20,21). The number of nitrogens with one attached hydrogen (secondary N) is 1. The summed E-state index contributed by atoms with van der Waals surface area (Å²) in [5, 5.41) is 11.3. The predicted molar refractivity (Wildman–Crippen MR) is 79.2 cm³/mol. The number of rotatable bonds is 4. The molecule has 0 spiro atoms. The van der Waals surface area contributed by atoms with Crippen molar-refractivity contribution >= 4 is 11.6 Å². The van der Waals surface area contributed by atoms with Crippen LogP contribution in [0.5, 0.6) is 0 Å². The topological polar surface area (TPSA) is 52.9 Å². The molecule has 1 N–H and O–H groups in total. The Morgan fingerprint density at radius 1 is 1.24 bits per heavy atom. The highest BCUT2D eigenvalue weighted by Gasteiger charge is 2.07. The average Bonchev–Trinajstić information content (AvgIpc) is 2.48. The number of aryl methyl sites for hydroxylation is 2. The van der Waals surface area contributed by atoms with Crippen molar-refractivity contribution in [2.75, 3.05) is 5.32 Å². The summed E-state index contributed by atoms with van der Waals surface area (Å²) in [7, 11) is 0. The highest BCUT2D eigenvalue weighted by atomic mass is 19.1. The van der Waals surface area contributed by atoms with Crippen LogP contribution in [0.4, 0.5) is 10.1 Å². The van der Waals surface area contributed by atoms with Crippen LogP contribution in [0.25, 0.3) is 0 Å². The van der Waals surface area contributed by atoms with Crippen molar-refractivity contribution in [3.05, 3.63) is 65.0 Å². The van der Waals surface area contributed by atoms with Crippen LogP contribution in [0, 0.1) is 24.1 Å². The summed E-state index contributed by atoms with van der Waals surface area (Å²) in [4.78, 5) is 11.8. The Morgan fingerprint density at radius 3 is 2.57 bits per heavy atom. The lowest BCUT2D eigenvalue weighted by atomic mass is 10.1. The van der Waals surface area contributed by atoms with Crippen molar-refractivity contribution in [2.24, 2.45) is 0 Å². The largest absolute Gasteiger partial charge is 0.324 e. The van der Waals surface area contributed by atoms with E-state index < -0.39 is 5.82 Å². The van der Waals surface area contributed by atoms with Gasteiger partial charge in [0.15, 0.2) is 0 Å². The Morgan fingerprint density at radius 2 is 1.95 bits per heavy atom. The Labute approximate surface area is 123 Å². The molecule has 0 saturated heterocycles. The summed E-state index contributed by atoms with van der Waals surface area (Å²) in [5.74, 6) is -0.663. The van der Waals surface area contributed by atoms with E-state index in [1.54, 1.807) is 31.2 Å². The zero-order chi connectivity index (χ0) is 15.2. The number of anilines is 1. The summed E-state index contributed by atoms with van der Waals surface area (Å²) in [5.41, 5.74) is 2.56. The molecular formula is C17H15FN2O. The molecule has 2 aromatic carbocycles. The Hall–Kier alpha value is -2.67. The quantitative estimate of drug-likeness (QED) is 0.932. The number of carbonyl (C=O) groups is 1. The number of halogens is 1. The number of hydrogen-bond acceptors (Lipinski definition) is 2. The van der Waals surface area contributed by atoms with Gasteiger partial charge < -0.3 is 5.32 Å². The van der Waals surface area contributed by atoms with Crippen LogP contribution >= 0.6 is 0 Å². The lowest BCUT2D eigenvalue weighted by Gasteiger charge is -2.07. The molecule has 0 bridgehead atoms. The van der Waals surface area contributed by atoms with Crippen LogP contribution in [0.1, 0.15) is 23.1 Å². The van der Waals surface area contributed by atoms with Crippen molar-refractivity contribution < 1.29 is 9.18 Å². The van der Waals surface area contributed by atoms with Gasteiger partial charge in [-0.2, -0.15) is 5.26 Å². The monoisotopic (exact) mass is 282 g/mol. The van der Waals surface area contributed by atoms with Gasteiger partial charge in [-0.05, 0) is 48.7 Å². The fourth-order valence-electron chi connectivity index (χ4n) is 1.94. The normalized spacial score (nSPS) is 9.95. The van der Waals surface area contributed by atoms with Gasteiger partial charge in [0.2, 0.25) is 5.91 Å². The van der Waals surface area contributed by atoms with Crippen LogP contribution in [-0.4, -0.2) is 5.91 Å². The Bertz CT molecular complexity index is 687. The van der Waals surface area contributed by atoms with Crippen molar-refractivity contribution in [3.8, 4) is 6.07 Å². The minimum absolute atomic E-state index is 0.199. The van der Waals surface area contributed by atoms with Crippen molar-refractivity contribution in [1.29, 1.82) is 5.26 Å². The van der Waals surface area contributed by atoms with Gasteiger partial charge >= 0.3 is 0 Å². The summed E-state index contributed by atoms with van der Waals surface area (Å²) in [6, 6.07) is 13.8. The van der Waals surface area contributed by atoms with Gasteiger partial charge in [-0.15, -0.1) is 0 Å². The van der Waals surface area contributed by atoms with Crippen LogP contribution in [-0.2, 0) is 11.2 Å². The van der Waals surface area contributed by atoms with Crippen LogP contribution in [0.15, 0.2) is 42.5 Å². The molecule has 0 aliphatic carbocycles. The molecule has 106 valence electrons. The molecule has 0 unspecified atom stereocenters. The minimum atomic E-state index is -0.429. The SMILES string of the molecule is Cc1ccc(NC(=O)CCc2ccc(C#N)cc2)c(F)c1. The average molecular weight is 282 g/mol. The maximum atomic E-state index is 13.6. The van der Waals surface area contributed by atoms with E-state index in [0.717, 1.165) is 11.1 Å². The second-order valence-electron chi connectivity index (χ2n) is 4.84. The zero-order valence-electron chi connectivity index (χ0n) is 11.7. The van der Waals surface area contributed by atoms with Gasteiger partial charge in [-0.3, -0.25) is 4.79 Å². The molecule has 0 radical (unpaired) electrons. The third-order valence-corrected chi connectivity index (χ3v) is 3.12. The van der Waals surface area contributed by atoms with E-state index in [-0.39, 0.29) is 18.0 Å². The van der Waals surface area contributed by atoms with E-state index in [4.69, 9.17) is 5.26 Å². The molecular weight excluding hydrogens is 267 g/mol. The number of hydrogen-bond donors (Lipinski definition) is 1. The number of carbonyl (C=O) groups excluding carboxylic acids is 1. The third kappa shape index (κ3) is 4.15. The Kier molecular flexibility index (Phi) is 4.68. The molecule has 0 aromatic heterocycles. The molecule has 2 aromatic rings. The molecule has 1 amide bonds. The molecule has 0 aliphatic rings. The van der Waals surface area contributed by atoms with Gasteiger partial charge in [-0.1, -0.05) is 18.2 Å². The third-order valence-electron chi connectivity index (χ3n) is 3.12. The second-order valence-corrected chi connectivity index (χ2v) is 4.84. The van der Waals surface area contributed by atoms with Gasteiger partial charge in [-0.25, -0.2) is 4.39 Å². The van der Waals surface area contributed by atoms with E-state index in [1.165, 1.54) is 6.07 Å². The molecule has 0 fully saturated rings.